The third-order valence-electron chi connectivity index (χ3n) is 5.59. The van der Waals surface area contributed by atoms with E-state index in [-0.39, 0.29) is 29.7 Å². The number of ketones is 3. The lowest BCUT2D eigenvalue weighted by Gasteiger charge is -2.21. The van der Waals surface area contributed by atoms with Crippen molar-refractivity contribution in [2.75, 3.05) is 5.32 Å². The van der Waals surface area contributed by atoms with Crippen molar-refractivity contribution in [1.82, 2.24) is 0 Å². The number of carbonyl (C=O) groups is 4. The standard InChI is InChI=1S/C26H21NO4/c1-16(28)27-19-13-11-18(12-14-19)23(29)15-22(17-7-3-2-4-8-17)24-25(30)20-9-5-6-10-21(20)26(24)31/h2-14,22,24H,15H2,1H3,(H,27,28). The van der Waals surface area contributed by atoms with Gasteiger partial charge in [-0.05, 0) is 29.8 Å². The average Bonchev–Trinajstić information content (AvgIpc) is 3.03. The fraction of sp³-hybridized carbons (Fsp3) is 0.154. The summed E-state index contributed by atoms with van der Waals surface area (Å²) < 4.78 is 0. The van der Waals surface area contributed by atoms with Crippen LogP contribution in [0.4, 0.5) is 5.69 Å². The number of hydrogen-bond donors (Lipinski definition) is 1. The maximum absolute atomic E-state index is 13.1. The Morgan fingerprint density at radius 3 is 1.90 bits per heavy atom. The highest BCUT2D eigenvalue weighted by Crippen LogP contribution is 2.39. The van der Waals surface area contributed by atoms with Crippen molar-refractivity contribution in [3.63, 3.8) is 0 Å². The molecule has 1 aliphatic carbocycles. The van der Waals surface area contributed by atoms with Crippen LogP contribution in [0.3, 0.4) is 0 Å². The van der Waals surface area contributed by atoms with E-state index < -0.39 is 11.8 Å². The molecule has 0 saturated heterocycles. The number of amides is 1. The zero-order valence-corrected chi connectivity index (χ0v) is 17.0. The number of nitrogens with one attached hydrogen (secondary N) is 1. The van der Waals surface area contributed by atoms with E-state index in [1.54, 1.807) is 48.5 Å². The maximum Gasteiger partial charge on any atom is 0.221 e. The molecular weight excluding hydrogens is 390 g/mol. The highest BCUT2D eigenvalue weighted by molar-refractivity contribution is 6.27. The first-order chi connectivity index (χ1) is 15.0. The molecule has 31 heavy (non-hydrogen) atoms. The lowest BCUT2D eigenvalue weighted by Crippen LogP contribution is -2.26. The third kappa shape index (κ3) is 4.08. The van der Waals surface area contributed by atoms with E-state index in [4.69, 9.17) is 0 Å². The van der Waals surface area contributed by atoms with Crippen molar-refractivity contribution >= 4 is 28.9 Å². The van der Waals surface area contributed by atoms with E-state index >= 15 is 0 Å². The molecule has 0 radical (unpaired) electrons. The third-order valence-corrected chi connectivity index (χ3v) is 5.59. The van der Waals surface area contributed by atoms with Gasteiger partial charge in [0.25, 0.3) is 0 Å². The van der Waals surface area contributed by atoms with Gasteiger partial charge in [-0.25, -0.2) is 0 Å². The summed E-state index contributed by atoms with van der Waals surface area (Å²) in [7, 11) is 0. The normalized spacial score (nSPS) is 14.2. The quantitative estimate of drug-likeness (QED) is 0.471. The molecule has 1 aliphatic rings. The minimum absolute atomic E-state index is 0.0274. The second kappa shape index (κ2) is 8.48. The van der Waals surface area contributed by atoms with Gasteiger partial charge in [-0.15, -0.1) is 0 Å². The van der Waals surface area contributed by atoms with Gasteiger partial charge in [0.05, 0.1) is 5.92 Å². The first kappa shape index (κ1) is 20.4. The monoisotopic (exact) mass is 411 g/mol. The van der Waals surface area contributed by atoms with E-state index in [9.17, 15) is 19.2 Å². The number of hydrogen-bond acceptors (Lipinski definition) is 4. The van der Waals surface area contributed by atoms with Crippen molar-refractivity contribution in [2.45, 2.75) is 19.3 Å². The summed E-state index contributed by atoms with van der Waals surface area (Å²) in [5, 5.41) is 2.66. The number of Topliss-reactive ketones (excluding diaryl/α,β-unsaturated/α-hetero) is 3. The Morgan fingerprint density at radius 2 is 1.35 bits per heavy atom. The van der Waals surface area contributed by atoms with Crippen LogP contribution >= 0.6 is 0 Å². The molecule has 3 aromatic rings. The van der Waals surface area contributed by atoms with Crippen molar-refractivity contribution < 1.29 is 19.2 Å². The molecule has 1 N–H and O–H groups in total. The van der Waals surface area contributed by atoms with Gasteiger partial charge in [0.1, 0.15) is 0 Å². The molecule has 154 valence electrons. The van der Waals surface area contributed by atoms with E-state index in [1.807, 2.05) is 30.3 Å². The molecule has 5 heteroatoms. The Labute approximate surface area is 180 Å². The van der Waals surface area contributed by atoms with Gasteiger partial charge in [0.15, 0.2) is 17.3 Å². The average molecular weight is 411 g/mol. The Balaban J connectivity index is 1.64. The molecule has 4 rings (SSSR count). The summed E-state index contributed by atoms with van der Waals surface area (Å²) in [6.45, 7) is 1.41. The molecule has 0 heterocycles. The van der Waals surface area contributed by atoms with Crippen LogP contribution < -0.4 is 5.32 Å². The first-order valence-corrected chi connectivity index (χ1v) is 10.1. The van der Waals surface area contributed by atoms with Crippen LogP contribution in [-0.2, 0) is 4.79 Å². The van der Waals surface area contributed by atoms with E-state index in [1.165, 1.54) is 6.92 Å². The lowest BCUT2D eigenvalue weighted by atomic mass is 9.79. The second-order valence-electron chi connectivity index (χ2n) is 7.65. The summed E-state index contributed by atoms with van der Waals surface area (Å²) in [5.74, 6) is -2.30. The molecule has 1 amide bonds. The Bertz CT molecular complexity index is 1130. The highest BCUT2D eigenvalue weighted by atomic mass is 16.2. The van der Waals surface area contributed by atoms with Crippen molar-refractivity contribution in [2.24, 2.45) is 5.92 Å². The maximum atomic E-state index is 13.1. The predicted octanol–water partition coefficient (Wildman–Crippen LogP) is 4.70. The summed E-state index contributed by atoms with van der Waals surface area (Å²) in [6.07, 6.45) is 0.0274. The molecule has 0 bridgehead atoms. The van der Waals surface area contributed by atoms with E-state index in [0.29, 0.717) is 22.4 Å². The minimum atomic E-state index is -0.914. The number of rotatable bonds is 6. The summed E-state index contributed by atoms with van der Waals surface area (Å²) in [6, 6.07) is 22.7. The number of anilines is 1. The van der Waals surface area contributed by atoms with Crippen LogP contribution in [0.25, 0.3) is 0 Å². The smallest absolute Gasteiger partial charge is 0.221 e. The summed E-state index contributed by atoms with van der Waals surface area (Å²) >= 11 is 0. The molecule has 0 aromatic heterocycles. The SMILES string of the molecule is CC(=O)Nc1ccc(C(=O)CC(c2ccccc2)C2C(=O)c3ccccc3C2=O)cc1. The second-order valence-corrected chi connectivity index (χ2v) is 7.65. The van der Waals surface area contributed by atoms with Crippen molar-refractivity contribution in [3.05, 3.63) is 101 Å². The van der Waals surface area contributed by atoms with Crippen LogP contribution in [0.2, 0.25) is 0 Å². The molecule has 3 aromatic carbocycles. The first-order valence-electron chi connectivity index (χ1n) is 10.1. The number of benzene rings is 3. The minimum Gasteiger partial charge on any atom is -0.326 e. The molecule has 5 nitrogen and oxygen atoms in total. The van der Waals surface area contributed by atoms with Crippen LogP contribution in [0.1, 0.15) is 55.9 Å². The highest BCUT2D eigenvalue weighted by Gasteiger charge is 2.44. The molecule has 0 spiro atoms. The van der Waals surface area contributed by atoms with Crippen LogP contribution in [0, 0.1) is 5.92 Å². The predicted molar refractivity (Wildman–Crippen MR) is 117 cm³/mol. The van der Waals surface area contributed by atoms with Crippen molar-refractivity contribution in [1.29, 1.82) is 0 Å². The fourth-order valence-electron chi connectivity index (χ4n) is 4.12. The topological polar surface area (TPSA) is 80.3 Å². The molecule has 1 atom stereocenters. The molecular formula is C26H21NO4. The Hall–Kier alpha value is -3.86. The van der Waals surface area contributed by atoms with Gasteiger partial charge in [-0.3, -0.25) is 19.2 Å². The van der Waals surface area contributed by atoms with Crippen LogP contribution in [-0.4, -0.2) is 23.3 Å². The summed E-state index contributed by atoms with van der Waals surface area (Å²) in [4.78, 5) is 50.5. The summed E-state index contributed by atoms with van der Waals surface area (Å²) in [5.41, 5.74) is 2.69. The van der Waals surface area contributed by atoms with E-state index in [2.05, 4.69) is 5.32 Å². The molecule has 0 fully saturated rings. The van der Waals surface area contributed by atoms with Gasteiger partial charge in [-0.1, -0.05) is 54.6 Å². The molecule has 0 aliphatic heterocycles. The van der Waals surface area contributed by atoms with Gasteiger partial charge < -0.3 is 5.32 Å². The Kier molecular flexibility index (Phi) is 5.58. The van der Waals surface area contributed by atoms with Crippen LogP contribution in [0.5, 0.6) is 0 Å². The fourth-order valence-corrected chi connectivity index (χ4v) is 4.12. The van der Waals surface area contributed by atoms with Gasteiger partial charge in [0.2, 0.25) is 5.91 Å². The molecule has 0 saturated carbocycles. The number of carbonyl (C=O) groups excluding carboxylic acids is 4. The van der Waals surface area contributed by atoms with Gasteiger partial charge >= 0.3 is 0 Å². The van der Waals surface area contributed by atoms with E-state index in [0.717, 1.165) is 5.56 Å². The van der Waals surface area contributed by atoms with Crippen LogP contribution in [0.15, 0.2) is 78.9 Å². The molecule has 1 unspecified atom stereocenters. The van der Waals surface area contributed by atoms with Gasteiger partial charge in [0, 0.05) is 41.6 Å². The zero-order chi connectivity index (χ0) is 22.0. The lowest BCUT2D eigenvalue weighted by molar-refractivity contribution is -0.114. The largest absolute Gasteiger partial charge is 0.326 e. The zero-order valence-electron chi connectivity index (χ0n) is 17.0. The Morgan fingerprint density at radius 1 is 0.806 bits per heavy atom. The van der Waals surface area contributed by atoms with Crippen molar-refractivity contribution in [3.8, 4) is 0 Å². The number of fused-ring (bicyclic) bond motifs is 1. The van der Waals surface area contributed by atoms with Gasteiger partial charge in [-0.2, -0.15) is 0 Å².